The Morgan fingerprint density at radius 3 is 2.07 bits per heavy atom. The smallest absolute Gasteiger partial charge is 0.423 e. The molecule has 0 saturated carbocycles. The number of rotatable bonds is 1. The largest absolute Gasteiger partial charge is 0.495 e. The summed E-state index contributed by atoms with van der Waals surface area (Å²) in [6.45, 7) is 1.48. The minimum Gasteiger partial charge on any atom is -0.423 e. The maximum absolute atomic E-state index is 11.4. The Bertz CT molecular complexity index is 474. The van der Waals surface area contributed by atoms with Crippen LogP contribution in [-0.4, -0.2) is 26.3 Å². The van der Waals surface area contributed by atoms with E-state index in [1.165, 1.54) is 25.6 Å². The van der Waals surface area contributed by atoms with Gasteiger partial charge in [-0.15, -0.1) is 0 Å². The molecular weight excluding hydrogens is 187 g/mol. The summed E-state index contributed by atoms with van der Waals surface area (Å²) >= 11 is 0. The van der Waals surface area contributed by atoms with Crippen LogP contribution >= 0.6 is 0 Å². The number of hydrogen-bond donors (Lipinski definition) is 2. The zero-order valence-electron chi connectivity index (χ0n) is 8.18. The molecule has 1 heterocycles. The van der Waals surface area contributed by atoms with E-state index < -0.39 is 18.4 Å². The summed E-state index contributed by atoms with van der Waals surface area (Å²) in [5.74, 6) is 0. The van der Waals surface area contributed by atoms with Gasteiger partial charge in [-0.05, 0) is 6.92 Å². The third-order valence-corrected chi connectivity index (χ3v) is 2.26. The number of nitrogens with zero attached hydrogens (tertiary/aromatic N) is 2. The third kappa shape index (κ3) is 1.40. The van der Waals surface area contributed by atoms with Gasteiger partial charge in [0.05, 0.1) is 5.46 Å². The second-order valence-corrected chi connectivity index (χ2v) is 3.08. The van der Waals surface area contributed by atoms with E-state index in [2.05, 4.69) is 0 Å². The molecule has 0 atom stereocenters. The lowest BCUT2D eigenvalue weighted by Crippen LogP contribution is -2.54. The van der Waals surface area contributed by atoms with Gasteiger partial charge < -0.3 is 14.6 Å². The van der Waals surface area contributed by atoms with Crippen molar-refractivity contribution < 1.29 is 10.0 Å². The van der Waals surface area contributed by atoms with Crippen molar-refractivity contribution in [2.45, 2.75) is 6.92 Å². The summed E-state index contributed by atoms with van der Waals surface area (Å²) < 4.78 is 2.03. The molecule has 76 valence electrons. The fourth-order valence-electron chi connectivity index (χ4n) is 1.27. The van der Waals surface area contributed by atoms with E-state index in [-0.39, 0.29) is 11.2 Å². The summed E-state index contributed by atoms with van der Waals surface area (Å²) in [7, 11) is 0.888. The van der Waals surface area contributed by atoms with Gasteiger partial charge in [0.25, 0.3) is 5.56 Å². The van der Waals surface area contributed by atoms with Crippen molar-refractivity contribution in [2.24, 2.45) is 14.1 Å². The van der Waals surface area contributed by atoms with E-state index in [1.807, 2.05) is 0 Å². The SMILES string of the molecule is Cc1c(B(O)O)c(=O)n(C)c(=O)n1C. The first-order valence-electron chi connectivity index (χ1n) is 4.00. The van der Waals surface area contributed by atoms with Gasteiger partial charge in [-0.2, -0.15) is 0 Å². The Kier molecular flexibility index (Phi) is 2.63. The molecule has 0 unspecified atom stereocenters. The summed E-state index contributed by atoms with van der Waals surface area (Å²) in [6, 6.07) is 0. The lowest BCUT2D eigenvalue weighted by molar-refractivity contribution is 0.423. The molecule has 0 fully saturated rings. The summed E-state index contributed by atoms with van der Waals surface area (Å²) in [5.41, 5.74) is -1.08. The molecule has 1 aromatic rings. The van der Waals surface area contributed by atoms with Crippen LogP contribution in [0.1, 0.15) is 5.69 Å². The number of hydrogen-bond acceptors (Lipinski definition) is 4. The van der Waals surface area contributed by atoms with E-state index >= 15 is 0 Å². The van der Waals surface area contributed by atoms with Crippen LogP contribution in [0.3, 0.4) is 0 Å². The molecule has 6 nitrogen and oxygen atoms in total. The quantitative estimate of drug-likeness (QED) is 0.473. The second-order valence-electron chi connectivity index (χ2n) is 3.08. The van der Waals surface area contributed by atoms with Crippen LogP contribution in [0.2, 0.25) is 0 Å². The molecule has 0 bridgehead atoms. The molecule has 1 rings (SSSR count). The molecule has 0 aliphatic rings. The first kappa shape index (κ1) is 10.7. The standard InChI is InChI=1S/C7H11BN2O4/c1-4-5(8(13)14)6(11)10(3)7(12)9(4)2/h13-14H,1-3H3. The van der Waals surface area contributed by atoms with Gasteiger partial charge in [0.1, 0.15) is 0 Å². The predicted octanol–water partition coefficient (Wildman–Crippen LogP) is -2.93. The van der Waals surface area contributed by atoms with E-state index in [0.717, 1.165) is 4.57 Å². The Labute approximate surface area is 80.2 Å². The monoisotopic (exact) mass is 198 g/mol. The molecule has 0 aromatic carbocycles. The summed E-state index contributed by atoms with van der Waals surface area (Å²) in [5, 5.41) is 17.9. The fourth-order valence-corrected chi connectivity index (χ4v) is 1.27. The highest BCUT2D eigenvalue weighted by atomic mass is 16.4. The van der Waals surface area contributed by atoms with E-state index in [9.17, 15) is 9.59 Å². The molecule has 14 heavy (non-hydrogen) atoms. The molecule has 0 amide bonds. The van der Waals surface area contributed by atoms with Crippen molar-refractivity contribution in [3.05, 3.63) is 26.5 Å². The van der Waals surface area contributed by atoms with E-state index in [4.69, 9.17) is 10.0 Å². The molecule has 0 spiro atoms. The third-order valence-electron chi connectivity index (χ3n) is 2.26. The minimum atomic E-state index is -1.86. The van der Waals surface area contributed by atoms with Crippen LogP contribution in [0.4, 0.5) is 0 Å². The minimum absolute atomic E-state index is 0.172. The molecule has 2 N–H and O–H groups in total. The number of aromatic nitrogens is 2. The van der Waals surface area contributed by atoms with Gasteiger partial charge in [-0.25, -0.2) is 4.79 Å². The van der Waals surface area contributed by atoms with Gasteiger partial charge in [-0.1, -0.05) is 0 Å². The summed E-state index contributed by atoms with van der Waals surface area (Å²) in [4.78, 5) is 22.8. The zero-order valence-corrected chi connectivity index (χ0v) is 8.18. The Morgan fingerprint density at radius 1 is 1.14 bits per heavy atom. The molecule has 0 aliphatic heterocycles. The Hall–Kier alpha value is -1.34. The molecular formula is C7H11BN2O4. The van der Waals surface area contributed by atoms with Gasteiger partial charge in [0.2, 0.25) is 0 Å². The van der Waals surface area contributed by atoms with Crippen LogP contribution in [-0.2, 0) is 14.1 Å². The van der Waals surface area contributed by atoms with Crippen LogP contribution in [0.25, 0.3) is 0 Å². The van der Waals surface area contributed by atoms with Crippen molar-refractivity contribution in [2.75, 3.05) is 0 Å². The average molecular weight is 198 g/mol. The zero-order chi connectivity index (χ0) is 11.0. The highest BCUT2D eigenvalue weighted by Gasteiger charge is 2.22. The lowest BCUT2D eigenvalue weighted by Gasteiger charge is -2.10. The first-order chi connectivity index (χ1) is 6.37. The van der Waals surface area contributed by atoms with Crippen molar-refractivity contribution in [1.82, 2.24) is 9.13 Å². The second kappa shape index (κ2) is 3.43. The highest BCUT2D eigenvalue weighted by Crippen LogP contribution is 1.84. The molecule has 0 saturated heterocycles. The van der Waals surface area contributed by atoms with Crippen molar-refractivity contribution in [1.29, 1.82) is 0 Å². The normalized spacial score (nSPS) is 10.4. The maximum Gasteiger partial charge on any atom is 0.495 e. The van der Waals surface area contributed by atoms with Crippen molar-refractivity contribution >= 4 is 12.6 Å². The average Bonchev–Trinajstić information content (AvgIpc) is 2.11. The van der Waals surface area contributed by atoms with Crippen LogP contribution < -0.4 is 16.7 Å². The van der Waals surface area contributed by atoms with Crippen molar-refractivity contribution in [3.63, 3.8) is 0 Å². The highest BCUT2D eigenvalue weighted by molar-refractivity contribution is 6.58. The molecule has 0 aliphatic carbocycles. The molecule has 7 heteroatoms. The van der Waals surface area contributed by atoms with Crippen LogP contribution in [0.5, 0.6) is 0 Å². The van der Waals surface area contributed by atoms with Crippen LogP contribution in [0.15, 0.2) is 9.59 Å². The first-order valence-corrected chi connectivity index (χ1v) is 4.00. The van der Waals surface area contributed by atoms with Gasteiger partial charge >= 0.3 is 12.8 Å². The predicted molar refractivity (Wildman–Crippen MR) is 51.5 cm³/mol. The van der Waals surface area contributed by atoms with Gasteiger partial charge in [-0.3, -0.25) is 9.36 Å². The Morgan fingerprint density at radius 2 is 1.64 bits per heavy atom. The topological polar surface area (TPSA) is 84.5 Å². The Balaban J connectivity index is 3.79. The lowest BCUT2D eigenvalue weighted by atomic mass is 9.80. The van der Waals surface area contributed by atoms with Gasteiger partial charge in [0.15, 0.2) is 0 Å². The van der Waals surface area contributed by atoms with Gasteiger partial charge in [0, 0.05) is 19.8 Å². The maximum atomic E-state index is 11.4. The fraction of sp³-hybridized carbons (Fsp3) is 0.429. The molecule has 0 radical (unpaired) electrons. The van der Waals surface area contributed by atoms with E-state index in [1.54, 1.807) is 0 Å². The van der Waals surface area contributed by atoms with Crippen molar-refractivity contribution in [3.8, 4) is 0 Å². The van der Waals surface area contributed by atoms with Crippen LogP contribution in [0, 0.1) is 6.92 Å². The van der Waals surface area contributed by atoms with E-state index in [0.29, 0.717) is 0 Å². The molecule has 1 aromatic heterocycles. The summed E-state index contributed by atoms with van der Waals surface area (Å²) in [6.07, 6.45) is 0.